The van der Waals surface area contributed by atoms with Crippen molar-refractivity contribution in [2.75, 3.05) is 33.4 Å². The summed E-state index contributed by atoms with van der Waals surface area (Å²) >= 11 is 0. The molecule has 162 valence electrons. The molecule has 1 fully saturated rings. The van der Waals surface area contributed by atoms with Gasteiger partial charge in [0, 0.05) is 25.7 Å². The van der Waals surface area contributed by atoms with Gasteiger partial charge in [-0.2, -0.15) is 0 Å². The molecule has 1 heterocycles. The van der Waals surface area contributed by atoms with Gasteiger partial charge in [-0.1, -0.05) is 30.3 Å². The number of morpholine rings is 1. The lowest BCUT2D eigenvalue weighted by molar-refractivity contribution is 0.0454. The van der Waals surface area contributed by atoms with Gasteiger partial charge >= 0.3 is 6.03 Å². The Kier molecular flexibility index (Phi) is 9.33. The highest BCUT2D eigenvalue weighted by Gasteiger charge is 2.27. The molecule has 1 saturated heterocycles. The van der Waals surface area contributed by atoms with E-state index < -0.39 is 18.1 Å². The van der Waals surface area contributed by atoms with Crippen molar-refractivity contribution >= 4 is 12.3 Å². The maximum Gasteiger partial charge on any atom is 0.325 e. The molecule has 0 bridgehead atoms. The largest absolute Gasteiger partial charge is 0.378 e. The van der Waals surface area contributed by atoms with E-state index in [9.17, 15) is 18.4 Å². The number of hydrogen-bond acceptors (Lipinski definition) is 5. The highest BCUT2D eigenvalue weighted by Crippen LogP contribution is 2.27. The van der Waals surface area contributed by atoms with Crippen LogP contribution in [0.25, 0.3) is 0 Å². The molecule has 1 aliphatic carbocycles. The molecule has 0 atom stereocenters. The van der Waals surface area contributed by atoms with Gasteiger partial charge in [0.25, 0.3) is 0 Å². The summed E-state index contributed by atoms with van der Waals surface area (Å²) in [6.07, 6.45) is 4.22. The average Bonchev–Trinajstić information content (AvgIpc) is 2.93. The number of allylic oxidation sites excluding steroid dienone is 5. The summed E-state index contributed by atoms with van der Waals surface area (Å²) in [6, 6.07) is 6.32. The Hall–Kier alpha value is -2.88. The van der Waals surface area contributed by atoms with Crippen LogP contribution in [-0.2, 0) is 11.3 Å². The van der Waals surface area contributed by atoms with E-state index in [0.717, 1.165) is 11.8 Å². The van der Waals surface area contributed by atoms with Gasteiger partial charge in [0.1, 0.15) is 17.9 Å². The maximum absolute atomic E-state index is 14.6. The second-order valence-electron chi connectivity index (χ2n) is 6.49. The first-order chi connectivity index (χ1) is 14.5. The van der Waals surface area contributed by atoms with Crippen molar-refractivity contribution in [3.63, 3.8) is 0 Å². The number of hydrogen-bond donors (Lipinski definition) is 2. The fourth-order valence-electron chi connectivity index (χ4n) is 2.93. The van der Waals surface area contributed by atoms with Gasteiger partial charge in [-0.15, -0.1) is 0 Å². The molecule has 1 aliphatic heterocycles. The molecule has 0 radical (unpaired) electrons. The second kappa shape index (κ2) is 12.0. The third-order valence-electron chi connectivity index (χ3n) is 4.39. The molecule has 2 N–H and O–H groups in total. The zero-order valence-electron chi connectivity index (χ0n) is 16.7. The smallest absolute Gasteiger partial charge is 0.325 e. The van der Waals surface area contributed by atoms with Gasteiger partial charge in [0.15, 0.2) is 0 Å². The minimum atomic E-state index is -0.705. The first kappa shape index (κ1) is 23.4. The minimum absolute atomic E-state index is 0.0369. The molecule has 2 amide bonds. The number of nitrogens with one attached hydrogen (secondary N) is 1. The van der Waals surface area contributed by atoms with Crippen LogP contribution in [0.5, 0.6) is 0 Å². The molecule has 0 spiro atoms. The number of ether oxygens (including phenoxy) is 1. The summed E-state index contributed by atoms with van der Waals surface area (Å²) in [5.74, 6) is -1.31. The molecule has 1 aromatic rings. The van der Waals surface area contributed by atoms with E-state index in [1.54, 1.807) is 34.6 Å². The van der Waals surface area contributed by atoms with E-state index in [0.29, 0.717) is 31.9 Å². The molecular formula is C21H25F2N3O4. The van der Waals surface area contributed by atoms with Gasteiger partial charge in [0.05, 0.1) is 31.9 Å². The van der Waals surface area contributed by atoms with Crippen molar-refractivity contribution in [1.82, 2.24) is 15.3 Å². The van der Waals surface area contributed by atoms with Crippen LogP contribution in [0.3, 0.4) is 0 Å². The number of carbonyl (C=O) groups is 2. The molecule has 1 aromatic carbocycles. The van der Waals surface area contributed by atoms with Crippen molar-refractivity contribution in [2.24, 2.45) is 0 Å². The number of carbonyl (C=O) groups excluding carboxylic acids is 2. The Morgan fingerprint density at radius 3 is 2.50 bits per heavy atom. The lowest BCUT2D eigenvalue weighted by Gasteiger charge is -2.33. The van der Waals surface area contributed by atoms with Crippen molar-refractivity contribution in [3.05, 3.63) is 71.0 Å². The van der Waals surface area contributed by atoms with Gasteiger partial charge in [0.2, 0.25) is 0 Å². The topological polar surface area (TPSA) is 82.1 Å². The van der Waals surface area contributed by atoms with Gasteiger partial charge < -0.3 is 14.8 Å². The monoisotopic (exact) mass is 421 g/mol. The van der Waals surface area contributed by atoms with E-state index in [1.165, 1.54) is 30.2 Å². The summed E-state index contributed by atoms with van der Waals surface area (Å²) in [5.41, 5.74) is 3.03. The van der Waals surface area contributed by atoms with Crippen LogP contribution >= 0.6 is 0 Å². The average molecular weight is 421 g/mol. The van der Waals surface area contributed by atoms with Crippen molar-refractivity contribution < 1.29 is 28.3 Å². The first-order valence-corrected chi connectivity index (χ1v) is 9.40. The highest BCUT2D eigenvalue weighted by atomic mass is 19.1. The Morgan fingerprint density at radius 2 is 1.90 bits per heavy atom. The standard InChI is InChI=1S/C20H20F2N2O3.CH5NO/c21-17-2-1-3-19(18(22)12-17)24(20(26)23-8-10-27-11-9-23)13-15-4-6-16(14-25)7-5-15;1-2-3/h1-7,14H,8-13H2;2-3H,1H3. The maximum atomic E-state index is 14.6. The molecule has 2 aliphatic rings. The van der Waals surface area contributed by atoms with Gasteiger partial charge in [-0.05, 0) is 17.7 Å². The number of rotatable bonds is 4. The Bertz CT molecular complexity index is 816. The van der Waals surface area contributed by atoms with Crippen molar-refractivity contribution in [2.45, 2.75) is 13.0 Å². The summed E-state index contributed by atoms with van der Waals surface area (Å²) in [6.45, 7) is 1.75. The highest BCUT2D eigenvalue weighted by molar-refractivity contribution is 5.78. The number of urea groups is 1. The molecule has 7 nitrogen and oxygen atoms in total. The Labute approximate surface area is 173 Å². The fraction of sp³-hybridized carbons (Fsp3) is 0.333. The number of aldehydes is 1. The van der Waals surface area contributed by atoms with E-state index in [1.807, 2.05) is 0 Å². The number of benzene rings is 1. The van der Waals surface area contributed by atoms with Crippen LogP contribution in [-0.4, -0.2) is 60.7 Å². The molecule has 0 unspecified atom stereocenters. The van der Waals surface area contributed by atoms with Crippen LogP contribution in [0.1, 0.15) is 22.3 Å². The van der Waals surface area contributed by atoms with Crippen LogP contribution in [0.4, 0.5) is 13.6 Å². The van der Waals surface area contributed by atoms with Crippen molar-refractivity contribution in [1.29, 1.82) is 0 Å². The molecule has 0 aromatic heterocycles. The summed E-state index contributed by atoms with van der Waals surface area (Å²) < 4.78 is 33.5. The van der Waals surface area contributed by atoms with E-state index in [-0.39, 0.29) is 18.3 Å². The first-order valence-electron chi connectivity index (χ1n) is 9.40. The predicted molar refractivity (Wildman–Crippen MR) is 107 cm³/mol. The van der Waals surface area contributed by atoms with E-state index in [4.69, 9.17) is 9.94 Å². The zero-order valence-corrected chi connectivity index (χ0v) is 16.7. The molecule has 30 heavy (non-hydrogen) atoms. The molecular weight excluding hydrogens is 396 g/mol. The number of halogens is 2. The fourth-order valence-corrected chi connectivity index (χ4v) is 2.93. The lowest BCUT2D eigenvalue weighted by atomic mass is 10.1. The minimum Gasteiger partial charge on any atom is -0.378 e. The number of nitrogens with zero attached hydrogens (tertiary/aromatic N) is 2. The van der Waals surface area contributed by atoms with Crippen LogP contribution < -0.4 is 5.48 Å². The van der Waals surface area contributed by atoms with Gasteiger partial charge in [-0.3, -0.25) is 9.69 Å². The van der Waals surface area contributed by atoms with E-state index >= 15 is 0 Å². The normalized spacial score (nSPS) is 16.3. The third kappa shape index (κ3) is 6.58. The predicted octanol–water partition coefficient (Wildman–Crippen LogP) is 3.34. The Balaban J connectivity index is 0.00000101. The molecule has 9 heteroatoms. The molecule has 0 saturated carbocycles. The quantitative estimate of drug-likeness (QED) is 0.576. The van der Waals surface area contributed by atoms with E-state index in [2.05, 4.69) is 0 Å². The number of hydroxylamine groups is 1. The summed E-state index contributed by atoms with van der Waals surface area (Å²) in [5, 5.41) is 7.32. The lowest BCUT2D eigenvalue weighted by Crippen LogP contribution is -2.47. The van der Waals surface area contributed by atoms with Gasteiger partial charge in [-0.25, -0.2) is 19.1 Å². The summed E-state index contributed by atoms with van der Waals surface area (Å²) in [7, 11) is 1.43. The SMILES string of the molecule is CNO.O=Cc1ccc(CN(C(=O)N2CCOCC2)C2=C(F)CC(F)=CC=C2)cc1. The Morgan fingerprint density at radius 1 is 1.27 bits per heavy atom. The van der Waals surface area contributed by atoms with Crippen LogP contribution in [0.15, 0.2) is 59.8 Å². The third-order valence-corrected chi connectivity index (χ3v) is 4.39. The van der Waals surface area contributed by atoms with Crippen LogP contribution in [0, 0.1) is 0 Å². The van der Waals surface area contributed by atoms with Crippen molar-refractivity contribution in [3.8, 4) is 0 Å². The molecule has 3 rings (SSSR count). The zero-order chi connectivity index (χ0) is 21.9. The number of amides is 2. The van der Waals surface area contributed by atoms with Crippen LogP contribution in [0.2, 0.25) is 0 Å². The summed E-state index contributed by atoms with van der Waals surface area (Å²) in [4.78, 5) is 26.8. The second-order valence-corrected chi connectivity index (χ2v) is 6.49.